The molecular weight excluding hydrogens is 282 g/mol. The Kier molecular flexibility index (Phi) is 4.22. The van der Waals surface area contributed by atoms with Crippen molar-refractivity contribution < 1.29 is 14.6 Å². The van der Waals surface area contributed by atoms with Gasteiger partial charge < -0.3 is 9.84 Å². The highest BCUT2D eigenvalue weighted by atomic mass is 16.5. The predicted molar refractivity (Wildman–Crippen MR) is 81.0 cm³/mol. The van der Waals surface area contributed by atoms with Gasteiger partial charge in [0, 0.05) is 24.8 Å². The molecule has 6 nitrogen and oxygen atoms in total. The number of carbonyl (C=O) groups is 1. The Morgan fingerprint density at radius 1 is 1.50 bits per heavy atom. The molecule has 2 aromatic rings. The number of hydrogen-bond acceptors (Lipinski definition) is 4. The van der Waals surface area contributed by atoms with Crippen LogP contribution in [0.3, 0.4) is 0 Å². The lowest BCUT2D eigenvalue weighted by atomic mass is 10.2. The molecule has 1 atom stereocenters. The number of rotatable bonds is 4. The topological polar surface area (TPSA) is 67.6 Å². The van der Waals surface area contributed by atoms with Gasteiger partial charge in [-0.1, -0.05) is 12.1 Å². The molecule has 3 rings (SSSR count). The molecule has 1 aliphatic rings. The van der Waals surface area contributed by atoms with E-state index in [2.05, 4.69) is 11.2 Å². The number of aromatic nitrogens is 2. The second-order valence-electron chi connectivity index (χ2n) is 5.53. The minimum absolute atomic E-state index is 0.237. The molecule has 0 bridgehead atoms. The van der Waals surface area contributed by atoms with Gasteiger partial charge in [-0.2, -0.15) is 5.10 Å². The third-order valence-electron chi connectivity index (χ3n) is 3.81. The first kappa shape index (κ1) is 14.7. The highest BCUT2D eigenvalue weighted by molar-refractivity contribution is 5.73. The second-order valence-corrected chi connectivity index (χ2v) is 5.53. The van der Waals surface area contributed by atoms with Crippen LogP contribution in [0.5, 0.6) is 0 Å². The molecule has 22 heavy (non-hydrogen) atoms. The number of nitrogens with zero attached hydrogens (tertiary/aromatic N) is 3. The van der Waals surface area contributed by atoms with Crippen LogP contribution in [0, 0.1) is 6.92 Å². The fourth-order valence-corrected chi connectivity index (χ4v) is 2.64. The maximum atomic E-state index is 11.3. The van der Waals surface area contributed by atoms with Gasteiger partial charge in [-0.3, -0.25) is 9.69 Å². The van der Waals surface area contributed by atoms with E-state index in [1.54, 1.807) is 6.20 Å². The van der Waals surface area contributed by atoms with E-state index >= 15 is 0 Å². The van der Waals surface area contributed by atoms with Crippen LogP contribution in [0.4, 0.5) is 0 Å². The van der Waals surface area contributed by atoms with Crippen LogP contribution in [0.25, 0.3) is 5.69 Å². The van der Waals surface area contributed by atoms with Gasteiger partial charge in [0.2, 0.25) is 0 Å². The quantitative estimate of drug-likeness (QED) is 0.926. The smallest absolute Gasteiger partial charge is 0.323 e. The highest BCUT2D eigenvalue weighted by Gasteiger charge is 2.29. The van der Waals surface area contributed by atoms with Gasteiger partial charge in [0.15, 0.2) is 0 Å². The number of carboxylic acid groups (broad SMARTS) is 1. The maximum absolute atomic E-state index is 11.3. The molecule has 0 radical (unpaired) electrons. The minimum Gasteiger partial charge on any atom is -0.480 e. The molecule has 0 unspecified atom stereocenters. The molecule has 1 N–H and O–H groups in total. The normalized spacial score (nSPS) is 19.2. The largest absolute Gasteiger partial charge is 0.480 e. The SMILES string of the molecule is Cc1cccc(-n2cc(CN3CCOC[C@@H]3C(=O)O)cn2)c1. The average Bonchev–Trinajstić information content (AvgIpc) is 2.96. The Morgan fingerprint density at radius 3 is 3.14 bits per heavy atom. The van der Waals surface area contributed by atoms with E-state index in [-0.39, 0.29) is 6.61 Å². The third kappa shape index (κ3) is 3.18. The zero-order valence-corrected chi connectivity index (χ0v) is 12.5. The third-order valence-corrected chi connectivity index (χ3v) is 3.81. The van der Waals surface area contributed by atoms with E-state index in [1.807, 2.05) is 40.9 Å². The van der Waals surface area contributed by atoms with Gasteiger partial charge in [0.1, 0.15) is 6.04 Å². The fraction of sp³-hybridized carbons (Fsp3) is 0.375. The van der Waals surface area contributed by atoms with Crippen molar-refractivity contribution >= 4 is 5.97 Å². The standard InChI is InChI=1S/C16H19N3O3/c1-12-3-2-4-14(7-12)19-10-13(8-17-19)9-18-5-6-22-11-15(18)16(20)21/h2-4,7-8,10,15H,5-6,9,11H2,1H3,(H,20,21)/t15-/m1/s1. The van der Waals surface area contributed by atoms with E-state index < -0.39 is 12.0 Å². The summed E-state index contributed by atoms with van der Waals surface area (Å²) in [4.78, 5) is 13.2. The minimum atomic E-state index is -0.842. The molecule has 0 spiro atoms. The predicted octanol–water partition coefficient (Wildman–Crippen LogP) is 1.47. The molecule has 1 saturated heterocycles. The van der Waals surface area contributed by atoms with Gasteiger partial charge in [0.05, 0.1) is 25.1 Å². The Labute approximate surface area is 128 Å². The van der Waals surface area contributed by atoms with E-state index in [4.69, 9.17) is 4.74 Å². The molecule has 0 aliphatic carbocycles. The van der Waals surface area contributed by atoms with Crippen molar-refractivity contribution in [3.63, 3.8) is 0 Å². The Bertz CT molecular complexity index is 668. The number of carboxylic acids is 1. The summed E-state index contributed by atoms with van der Waals surface area (Å²) < 4.78 is 7.07. The second kappa shape index (κ2) is 6.29. The van der Waals surface area contributed by atoms with Crippen LogP contribution in [-0.2, 0) is 16.1 Å². The van der Waals surface area contributed by atoms with Crippen molar-refractivity contribution in [1.29, 1.82) is 0 Å². The summed E-state index contributed by atoms with van der Waals surface area (Å²) in [6.07, 6.45) is 3.74. The number of benzene rings is 1. The molecule has 1 aromatic heterocycles. The van der Waals surface area contributed by atoms with Crippen molar-refractivity contribution in [3.8, 4) is 5.69 Å². The number of ether oxygens (including phenoxy) is 1. The lowest BCUT2D eigenvalue weighted by Crippen LogP contribution is -2.49. The Morgan fingerprint density at radius 2 is 2.36 bits per heavy atom. The summed E-state index contributed by atoms with van der Waals surface area (Å²) in [5.41, 5.74) is 3.17. The van der Waals surface area contributed by atoms with Gasteiger partial charge in [-0.15, -0.1) is 0 Å². The van der Waals surface area contributed by atoms with Crippen LogP contribution in [0.15, 0.2) is 36.7 Å². The van der Waals surface area contributed by atoms with Crippen LogP contribution in [0.1, 0.15) is 11.1 Å². The Balaban J connectivity index is 1.75. The molecular formula is C16H19N3O3. The molecule has 1 aliphatic heterocycles. The van der Waals surface area contributed by atoms with Gasteiger partial charge >= 0.3 is 5.97 Å². The zero-order chi connectivity index (χ0) is 15.5. The number of hydrogen-bond donors (Lipinski definition) is 1. The summed E-state index contributed by atoms with van der Waals surface area (Å²) >= 11 is 0. The lowest BCUT2D eigenvalue weighted by Gasteiger charge is -2.32. The summed E-state index contributed by atoms with van der Waals surface area (Å²) in [6, 6.07) is 7.51. The zero-order valence-electron chi connectivity index (χ0n) is 12.5. The highest BCUT2D eigenvalue weighted by Crippen LogP contribution is 2.15. The van der Waals surface area contributed by atoms with Crippen LogP contribution in [0.2, 0.25) is 0 Å². The first-order valence-electron chi connectivity index (χ1n) is 7.28. The van der Waals surface area contributed by atoms with Crippen LogP contribution in [-0.4, -0.2) is 51.6 Å². The van der Waals surface area contributed by atoms with E-state index in [0.717, 1.165) is 11.3 Å². The van der Waals surface area contributed by atoms with Crippen molar-refractivity contribution in [2.45, 2.75) is 19.5 Å². The lowest BCUT2D eigenvalue weighted by molar-refractivity contribution is -0.150. The molecule has 1 fully saturated rings. The number of morpholine rings is 1. The molecule has 6 heteroatoms. The van der Waals surface area contributed by atoms with Crippen molar-refractivity contribution in [3.05, 3.63) is 47.8 Å². The van der Waals surface area contributed by atoms with Crippen LogP contribution < -0.4 is 0 Å². The molecule has 1 aromatic carbocycles. The molecule has 2 heterocycles. The van der Waals surface area contributed by atoms with Gasteiger partial charge in [0.25, 0.3) is 0 Å². The fourth-order valence-electron chi connectivity index (χ4n) is 2.64. The summed E-state index contributed by atoms with van der Waals surface area (Å²) in [7, 11) is 0. The molecule has 0 amide bonds. The molecule has 116 valence electrons. The summed E-state index contributed by atoms with van der Waals surface area (Å²) in [5, 5.41) is 13.6. The summed E-state index contributed by atoms with van der Waals surface area (Å²) in [5.74, 6) is -0.842. The maximum Gasteiger partial charge on any atom is 0.323 e. The van der Waals surface area contributed by atoms with Crippen molar-refractivity contribution in [1.82, 2.24) is 14.7 Å². The number of aliphatic carboxylic acids is 1. The number of aryl methyl sites for hydroxylation is 1. The summed E-state index contributed by atoms with van der Waals surface area (Å²) in [6.45, 7) is 4.02. The molecule has 0 saturated carbocycles. The van der Waals surface area contributed by atoms with Crippen molar-refractivity contribution in [2.24, 2.45) is 0 Å². The van der Waals surface area contributed by atoms with Crippen molar-refractivity contribution in [2.75, 3.05) is 19.8 Å². The van der Waals surface area contributed by atoms with E-state index in [0.29, 0.717) is 19.7 Å². The van der Waals surface area contributed by atoms with E-state index in [9.17, 15) is 9.90 Å². The van der Waals surface area contributed by atoms with Gasteiger partial charge in [-0.25, -0.2) is 4.68 Å². The van der Waals surface area contributed by atoms with Crippen LogP contribution >= 0.6 is 0 Å². The first-order chi connectivity index (χ1) is 10.6. The monoisotopic (exact) mass is 301 g/mol. The first-order valence-corrected chi connectivity index (χ1v) is 7.28. The van der Waals surface area contributed by atoms with Gasteiger partial charge in [-0.05, 0) is 24.6 Å². The average molecular weight is 301 g/mol. The Hall–Kier alpha value is -2.18. The van der Waals surface area contributed by atoms with E-state index in [1.165, 1.54) is 5.56 Å².